The minimum Gasteiger partial charge on any atom is -0.493 e. The molecule has 0 bridgehead atoms. The van der Waals surface area contributed by atoms with E-state index in [-0.39, 0.29) is 5.76 Å². The molecule has 0 aliphatic rings. The number of aliphatic hydroxyl groups is 1. The Morgan fingerprint density at radius 3 is 2.43 bits per heavy atom. The highest BCUT2D eigenvalue weighted by Gasteiger charge is 2.27. The van der Waals surface area contributed by atoms with E-state index in [1.807, 2.05) is 30.3 Å². The zero-order valence-corrected chi connectivity index (χ0v) is 16.7. The second-order valence-corrected chi connectivity index (χ2v) is 7.27. The van der Waals surface area contributed by atoms with Crippen LogP contribution in [-0.2, 0) is 5.60 Å². The molecule has 0 saturated heterocycles. The molecular weight excluding hydrogens is 356 g/mol. The van der Waals surface area contributed by atoms with Crippen LogP contribution in [0.2, 0.25) is 0 Å². The van der Waals surface area contributed by atoms with Crippen molar-refractivity contribution >= 4 is 10.8 Å². The minimum absolute atomic E-state index is 0.220. The monoisotopic (exact) mass is 382 g/mol. The molecule has 28 heavy (non-hydrogen) atoms. The lowest BCUT2D eigenvalue weighted by Crippen LogP contribution is -2.20. The van der Waals surface area contributed by atoms with E-state index in [0.717, 1.165) is 23.8 Å². The molecule has 1 aromatic heterocycles. The fourth-order valence-corrected chi connectivity index (χ4v) is 3.19. The second kappa shape index (κ2) is 8.07. The summed E-state index contributed by atoms with van der Waals surface area (Å²) in [6.45, 7) is 5.92. The molecule has 3 aromatic rings. The largest absolute Gasteiger partial charge is 0.493 e. The van der Waals surface area contributed by atoms with Crippen molar-refractivity contribution in [3.8, 4) is 22.6 Å². The van der Waals surface area contributed by atoms with Crippen LogP contribution in [0.1, 0.15) is 39.4 Å². The highest BCUT2D eigenvalue weighted by atomic mass is 16.5. The Labute approximate surface area is 164 Å². The Morgan fingerprint density at radius 1 is 1.07 bits per heavy atom. The number of rotatable bonds is 7. The summed E-state index contributed by atoms with van der Waals surface area (Å²) in [6.07, 6.45) is 2.01. The summed E-state index contributed by atoms with van der Waals surface area (Å²) in [5.41, 5.74) is -0.358. The van der Waals surface area contributed by atoms with Crippen LogP contribution in [0.4, 0.5) is 0 Å². The number of unbranched alkanes of at least 4 members (excludes halogenated alkanes) is 1. The van der Waals surface area contributed by atoms with Crippen LogP contribution in [0.25, 0.3) is 21.9 Å². The summed E-state index contributed by atoms with van der Waals surface area (Å²) >= 11 is 0. The first-order chi connectivity index (χ1) is 13.4. The maximum absolute atomic E-state index is 12.4. The van der Waals surface area contributed by atoms with E-state index in [9.17, 15) is 9.90 Å². The number of hydrogen-bond acceptors (Lipinski definition) is 5. The van der Waals surface area contributed by atoms with Gasteiger partial charge in [0.2, 0.25) is 0 Å². The van der Waals surface area contributed by atoms with Gasteiger partial charge in [0, 0.05) is 10.9 Å². The molecule has 0 fully saturated rings. The average molecular weight is 382 g/mol. The molecule has 1 heterocycles. The highest BCUT2D eigenvalue weighted by Crippen LogP contribution is 2.39. The summed E-state index contributed by atoms with van der Waals surface area (Å²) in [5, 5.41) is 11.8. The van der Waals surface area contributed by atoms with Crippen LogP contribution >= 0.6 is 0 Å². The lowest BCUT2D eigenvalue weighted by Gasteiger charge is -2.21. The molecule has 0 amide bonds. The fraction of sp³-hybridized carbons (Fsp3) is 0.348. The van der Waals surface area contributed by atoms with Crippen molar-refractivity contribution in [1.82, 2.24) is 0 Å². The van der Waals surface area contributed by atoms with E-state index in [2.05, 4.69) is 6.92 Å². The number of benzene rings is 2. The van der Waals surface area contributed by atoms with Crippen LogP contribution in [0.5, 0.6) is 11.5 Å². The van der Waals surface area contributed by atoms with Gasteiger partial charge in [0.1, 0.15) is 11.4 Å². The second-order valence-electron chi connectivity index (χ2n) is 7.27. The van der Waals surface area contributed by atoms with Crippen molar-refractivity contribution in [2.45, 2.75) is 39.2 Å². The third kappa shape index (κ3) is 3.90. The summed E-state index contributed by atoms with van der Waals surface area (Å²) in [7, 11) is 1.59. The lowest BCUT2D eigenvalue weighted by molar-refractivity contribution is 0.0521. The van der Waals surface area contributed by atoms with Gasteiger partial charge in [0.05, 0.1) is 19.1 Å². The van der Waals surface area contributed by atoms with Crippen LogP contribution in [0.15, 0.2) is 51.7 Å². The fourth-order valence-electron chi connectivity index (χ4n) is 3.19. The van der Waals surface area contributed by atoms with Crippen LogP contribution in [-0.4, -0.2) is 18.8 Å². The topological polar surface area (TPSA) is 68.9 Å². The third-order valence-electron chi connectivity index (χ3n) is 4.60. The van der Waals surface area contributed by atoms with Crippen molar-refractivity contribution in [1.29, 1.82) is 0 Å². The van der Waals surface area contributed by atoms with Gasteiger partial charge in [-0.25, -0.2) is 4.79 Å². The van der Waals surface area contributed by atoms with Crippen LogP contribution < -0.4 is 15.1 Å². The molecule has 0 saturated carbocycles. The zero-order chi connectivity index (χ0) is 20.3. The number of fused-ring (bicyclic) bond motifs is 1. The summed E-state index contributed by atoms with van der Waals surface area (Å²) in [4.78, 5) is 12.4. The Morgan fingerprint density at radius 2 is 1.79 bits per heavy atom. The Hall–Kier alpha value is -2.79. The van der Waals surface area contributed by atoms with Crippen molar-refractivity contribution in [3.63, 3.8) is 0 Å². The molecule has 2 aromatic carbocycles. The van der Waals surface area contributed by atoms with Gasteiger partial charge >= 0.3 is 5.63 Å². The summed E-state index contributed by atoms with van der Waals surface area (Å²) in [5.74, 6) is 1.47. The smallest absolute Gasteiger partial charge is 0.343 e. The quantitative estimate of drug-likeness (QED) is 0.590. The Bertz CT molecular complexity index is 1030. The van der Waals surface area contributed by atoms with E-state index in [1.165, 1.54) is 0 Å². The number of ether oxygens (including phenoxy) is 2. The summed E-state index contributed by atoms with van der Waals surface area (Å²) in [6, 6.07) is 12.8. The van der Waals surface area contributed by atoms with Gasteiger partial charge in [0.25, 0.3) is 0 Å². The van der Waals surface area contributed by atoms with Gasteiger partial charge in [-0.05, 0) is 44.0 Å². The van der Waals surface area contributed by atoms with Crippen molar-refractivity contribution in [3.05, 3.63) is 58.6 Å². The predicted octanol–water partition coefficient (Wildman–Crippen LogP) is 4.87. The molecule has 0 aliphatic heterocycles. The molecule has 0 aliphatic carbocycles. The van der Waals surface area contributed by atoms with Crippen molar-refractivity contribution < 1.29 is 19.0 Å². The van der Waals surface area contributed by atoms with Gasteiger partial charge < -0.3 is 19.0 Å². The first-order valence-electron chi connectivity index (χ1n) is 9.46. The lowest BCUT2D eigenvalue weighted by atomic mass is 9.92. The summed E-state index contributed by atoms with van der Waals surface area (Å²) < 4.78 is 16.9. The molecule has 0 spiro atoms. The molecule has 0 radical (unpaired) electrons. The average Bonchev–Trinajstić information content (AvgIpc) is 2.68. The SMILES string of the molecule is CCCCOc1ccc(-c2c(C(C)(C)O)oc(=O)c3ccccc23)cc1OC. The first-order valence-corrected chi connectivity index (χ1v) is 9.46. The van der Waals surface area contributed by atoms with E-state index in [4.69, 9.17) is 13.9 Å². The van der Waals surface area contributed by atoms with Gasteiger partial charge in [0.15, 0.2) is 11.5 Å². The van der Waals surface area contributed by atoms with Gasteiger partial charge in [-0.3, -0.25) is 0 Å². The van der Waals surface area contributed by atoms with Crippen molar-refractivity contribution in [2.24, 2.45) is 0 Å². The molecular formula is C23H26O5. The van der Waals surface area contributed by atoms with Crippen molar-refractivity contribution in [2.75, 3.05) is 13.7 Å². The van der Waals surface area contributed by atoms with Gasteiger partial charge in [-0.2, -0.15) is 0 Å². The van der Waals surface area contributed by atoms with E-state index < -0.39 is 11.2 Å². The zero-order valence-electron chi connectivity index (χ0n) is 16.7. The van der Waals surface area contributed by atoms with E-state index in [1.54, 1.807) is 33.1 Å². The maximum Gasteiger partial charge on any atom is 0.343 e. The molecule has 0 unspecified atom stereocenters. The molecule has 0 atom stereocenters. The van der Waals surface area contributed by atoms with Gasteiger partial charge in [-0.1, -0.05) is 37.6 Å². The first kappa shape index (κ1) is 20.0. The number of hydrogen-bond donors (Lipinski definition) is 1. The molecule has 5 nitrogen and oxygen atoms in total. The van der Waals surface area contributed by atoms with Crippen LogP contribution in [0.3, 0.4) is 0 Å². The van der Waals surface area contributed by atoms with Crippen LogP contribution in [0, 0.1) is 0 Å². The molecule has 3 rings (SSSR count). The normalized spacial score (nSPS) is 11.6. The number of methoxy groups -OCH3 is 1. The third-order valence-corrected chi connectivity index (χ3v) is 4.60. The predicted molar refractivity (Wildman–Crippen MR) is 110 cm³/mol. The Kier molecular flexibility index (Phi) is 5.75. The molecule has 148 valence electrons. The minimum atomic E-state index is -1.33. The highest BCUT2D eigenvalue weighted by molar-refractivity contribution is 5.97. The maximum atomic E-state index is 12.4. The standard InChI is InChI=1S/C23H26O5/c1-5-6-13-27-18-12-11-15(14-19(18)26-4)20-16-9-7-8-10-17(16)22(24)28-21(20)23(2,3)25/h7-12,14,25H,5-6,13H2,1-4H3. The molecule has 5 heteroatoms. The Balaban J connectivity index is 2.23. The van der Waals surface area contributed by atoms with Gasteiger partial charge in [-0.15, -0.1) is 0 Å². The van der Waals surface area contributed by atoms with E-state index in [0.29, 0.717) is 29.1 Å². The molecule has 1 N–H and O–H groups in total. The van der Waals surface area contributed by atoms with E-state index >= 15 is 0 Å².